The minimum absolute atomic E-state index is 0. The molecule has 0 amide bonds. The number of ketones is 3. The summed E-state index contributed by atoms with van der Waals surface area (Å²) in [6, 6.07) is 6.27. The topological polar surface area (TPSA) is 54.5 Å². The minimum atomic E-state index is -0.760. The number of nitrogens with zero attached hydrogens (tertiary/aromatic N) is 1. The molecule has 1 aromatic rings. The average Bonchev–Trinajstić information content (AvgIpc) is 2.55. The number of fused-ring (bicyclic) bond motifs is 3. The SMILES string of the molecule is CC(=O)C(CC1C(=O)C2CCN1CC2)C(=O)c1ccc(Cl)cc1.Cl. The van der Waals surface area contributed by atoms with E-state index in [1.165, 1.54) is 6.92 Å². The summed E-state index contributed by atoms with van der Waals surface area (Å²) in [6.45, 7) is 3.21. The van der Waals surface area contributed by atoms with E-state index in [9.17, 15) is 14.4 Å². The number of rotatable bonds is 5. The molecule has 3 saturated heterocycles. The van der Waals surface area contributed by atoms with Gasteiger partial charge in [-0.1, -0.05) is 11.6 Å². The third kappa shape index (κ3) is 3.71. The molecular weight excluding hydrogens is 349 g/mol. The Kier molecular flexibility index (Phi) is 6.18. The van der Waals surface area contributed by atoms with Crippen LogP contribution in [0.1, 0.15) is 36.5 Å². The number of carbonyl (C=O) groups excluding carboxylic acids is 3. The first-order chi connectivity index (χ1) is 11.0. The van der Waals surface area contributed by atoms with Gasteiger partial charge in [-0.15, -0.1) is 12.4 Å². The summed E-state index contributed by atoms with van der Waals surface area (Å²) in [6.07, 6.45) is 2.11. The van der Waals surface area contributed by atoms with E-state index >= 15 is 0 Å². The van der Waals surface area contributed by atoms with E-state index in [2.05, 4.69) is 4.90 Å². The predicted octanol–water partition coefficient (Wildman–Crippen LogP) is 3.20. The number of hydrogen-bond donors (Lipinski definition) is 0. The quantitative estimate of drug-likeness (QED) is 0.590. The molecule has 24 heavy (non-hydrogen) atoms. The Balaban J connectivity index is 0.00000208. The van der Waals surface area contributed by atoms with Gasteiger partial charge < -0.3 is 0 Å². The summed E-state index contributed by atoms with van der Waals surface area (Å²) < 4.78 is 0. The largest absolute Gasteiger partial charge is 0.299 e. The van der Waals surface area contributed by atoms with Gasteiger partial charge in [-0.25, -0.2) is 0 Å². The van der Waals surface area contributed by atoms with Crippen molar-refractivity contribution in [3.63, 3.8) is 0 Å². The van der Waals surface area contributed by atoms with Crippen LogP contribution in [0.4, 0.5) is 0 Å². The monoisotopic (exact) mass is 369 g/mol. The lowest BCUT2D eigenvalue weighted by molar-refractivity contribution is -0.138. The van der Waals surface area contributed by atoms with Crippen molar-refractivity contribution in [1.29, 1.82) is 0 Å². The van der Waals surface area contributed by atoms with Crippen molar-refractivity contribution in [1.82, 2.24) is 4.90 Å². The Morgan fingerprint density at radius 1 is 1.21 bits per heavy atom. The van der Waals surface area contributed by atoms with Gasteiger partial charge in [-0.2, -0.15) is 0 Å². The van der Waals surface area contributed by atoms with E-state index < -0.39 is 5.92 Å². The molecule has 0 aliphatic carbocycles. The molecular formula is C18H21Cl2NO3. The first-order valence-electron chi connectivity index (χ1n) is 8.05. The van der Waals surface area contributed by atoms with Crippen LogP contribution in [-0.4, -0.2) is 41.4 Å². The van der Waals surface area contributed by atoms with Crippen LogP contribution in [0, 0.1) is 11.8 Å². The van der Waals surface area contributed by atoms with Crippen LogP contribution in [0.5, 0.6) is 0 Å². The Morgan fingerprint density at radius 3 is 2.29 bits per heavy atom. The first-order valence-corrected chi connectivity index (χ1v) is 8.43. The molecule has 3 aliphatic rings. The van der Waals surface area contributed by atoms with Gasteiger partial charge in [-0.3, -0.25) is 19.3 Å². The molecule has 6 heteroatoms. The molecule has 0 aromatic heterocycles. The lowest BCUT2D eigenvalue weighted by Crippen LogP contribution is -2.56. The number of hydrogen-bond acceptors (Lipinski definition) is 4. The molecule has 1 aromatic carbocycles. The second-order valence-corrected chi connectivity index (χ2v) is 6.93. The van der Waals surface area contributed by atoms with Crippen LogP contribution in [0.25, 0.3) is 0 Å². The van der Waals surface area contributed by atoms with Crippen molar-refractivity contribution in [2.45, 2.75) is 32.2 Å². The Labute approximate surface area is 152 Å². The lowest BCUT2D eigenvalue weighted by Gasteiger charge is -2.44. The summed E-state index contributed by atoms with van der Waals surface area (Å²) in [7, 11) is 0. The Morgan fingerprint density at radius 2 is 1.79 bits per heavy atom. The highest BCUT2D eigenvalue weighted by Crippen LogP contribution is 2.32. The summed E-state index contributed by atoms with van der Waals surface area (Å²) in [5, 5.41) is 0.548. The van der Waals surface area contributed by atoms with Crippen LogP contribution in [0.15, 0.2) is 24.3 Å². The predicted molar refractivity (Wildman–Crippen MR) is 94.9 cm³/mol. The molecule has 0 spiro atoms. The zero-order valence-corrected chi connectivity index (χ0v) is 15.1. The third-order valence-corrected chi connectivity index (χ3v) is 5.35. The molecule has 0 N–H and O–H groups in total. The van der Waals surface area contributed by atoms with Crippen molar-refractivity contribution >= 4 is 41.4 Å². The highest BCUT2D eigenvalue weighted by atomic mass is 35.5. The van der Waals surface area contributed by atoms with Gasteiger partial charge >= 0.3 is 0 Å². The van der Waals surface area contributed by atoms with E-state index in [0.717, 1.165) is 25.9 Å². The van der Waals surface area contributed by atoms with Crippen molar-refractivity contribution in [3.8, 4) is 0 Å². The van der Waals surface area contributed by atoms with Gasteiger partial charge in [0.25, 0.3) is 0 Å². The van der Waals surface area contributed by atoms with Gasteiger partial charge in [0.1, 0.15) is 5.78 Å². The molecule has 2 unspecified atom stereocenters. The van der Waals surface area contributed by atoms with Gasteiger partial charge in [0.2, 0.25) is 0 Å². The van der Waals surface area contributed by atoms with E-state index in [4.69, 9.17) is 11.6 Å². The van der Waals surface area contributed by atoms with Gasteiger partial charge in [0.15, 0.2) is 11.6 Å². The zero-order valence-electron chi connectivity index (χ0n) is 13.5. The Bertz CT molecular complexity index is 636. The zero-order chi connectivity index (χ0) is 16.6. The van der Waals surface area contributed by atoms with Crippen LogP contribution in [-0.2, 0) is 9.59 Å². The maximum atomic E-state index is 12.7. The molecule has 4 rings (SSSR count). The fourth-order valence-corrected chi connectivity index (χ4v) is 3.84. The minimum Gasteiger partial charge on any atom is -0.299 e. The summed E-state index contributed by atoms with van der Waals surface area (Å²) in [5.41, 5.74) is 0.470. The number of piperidine rings is 3. The third-order valence-electron chi connectivity index (χ3n) is 5.10. The van der Waals surface area contributed by atoms with Crippen LogP contribution < -0.4 is 0 Å². The molecule has 0 radical (unpaired) electrons. The van der Waals surface area contributed by atoms with E-state index in [1.54, 1.807) is 24.3 Å². The maximum Gasteiger partial charge on any atom is 0.173 e. The maximum absolute atomic E-state index is 12.7. The standard InChI is InChI=1S/C18H20ClNO3.ClH/c1-11(21)15(17(22)12-2-4-14(19)5-3-12)10-16-18(23)13-6-8-20(16)9-7-13;/h2-5,13,15-16H,6-10H2,1H3;1H. The first kappa shape index (κ1) is 19.1. The molecule has 2 atom stereocenters. The van der Waals surface area contributed by atoms with E-state index in [-0.39, 0.29) is 41.7 Å². The van der Waals surface area contributed by atoms with Crippen molar-refractivity contribution in [2.75, 3.05) is 13.1 Å². The highest BCUT2D eigenvalue weighted by Gasteiger charge is 2.43. The fraction of sp³-hybridized carbons (Fsp3) is 0.500. The van der Waals surface area contributed by atoms with Gasteiger partial charge in [0.05, 0.1) is 12.0 Å². The van der Waals surface area contributed by atoms with Crippen LogP contribution >= 0.6 is 24.0 Å². The molecule has 4 nitrogen and oxygen atoms in total. The van der Waals surface area contributed by atoms with Crippen molar-refractivity contribution in [2.24, 2.45) is 11.8 Å². The second kappa shape index (κ2) is 7.77. The Hall–Kier alpha value is -1.23. The fourth-order valence-electron chi connectivity index (χ4n) is 3.71. The number of benzene rings is 1. The molecule has 3 heterocycles. The number of Topliss-reactive ketones (excluding diaryl/α,β-unsaturated/α-hetero) is 3. The second-order valence-electron chi connectivity index (χ2n) is 6.50. The summed E-state index contributed by atoms with van der Waals surface area (Å²) >= 11 is 5.85. The normalized spacial score (nSPS) is 26.6. The summed E-state index contributed by atoms with van der Waals surface area (Å²) in [4.78, 5) is 39.3. The average molecular weight is 370 g/mol. The molecule has 3 fully saturated rings. The number of halogens is 2. The van der Waals surface area contributed by atoms with E-state index in [1.807, 2.05) is 0 Å². The molecule has 130 valence electrons. The van der Waals surface area contributed by atoms with Gasteiger partial charge in [0, 0.05) is 16.5 Å². The summed E-state index contributed by atoms with van der Waals surface area (Å²) in [5.74, 6) is -0.838. The van der Waals surface area contributed by atoms with Crippen molar-refractivity contribution in [3.05, 3.63) is 34.9 Å². The molecule has 2 bridgehead atoms. The smallest absolute Gasteiger partial charge is 0.173 e. The molecule has 0 saturated carbocycles. The van der Waals surface area contributed by atoms with Crippen LogP contribution in [0.3, 0.4) is 0 Å². The molecule has 3 aliphatic heterocycles. The van der Waals surface area contributed by atoms with Crippen molar-refractivity contribution < 1.29 is 14.4 Å². The van der Waals surface area contributed by atoms with Gasteiger partial charge in [-0.05, 0) is 63.5 Å². The number of carbonyl (C=O) groups is 3. The lowest BCUT2D eigenvalue weighted by atomic mass is 9.77. The highest BCUT2D eigenvalue weighted by molar-refractivity contribution is 6.30. The van der Waals surface area contributed by atoms with E-state index in [0.29, 0.717) is 17.0 Å². The van der Waals surface area contributed by atoms with Crippen LogP contribution in [0.2, 0.25) is 5.02 Å².